The van der Waals surface area contributed by atoms with Crippen LogP contribution < -0.4 is 0 Å². The quantitative estimate of drug-likeness (QED) is 0.755. The zero-order chi connectivity index (χ0) is 13.9. The predicted molar refractivity (Wildman–Crippen MR) is 71.1 cm³/mol. The first-order valence-electron chi connectivity index (χ1n) is 6.24. The fraction of sp³-hybridized carbons (Fsp3) is 0.231. The molecule has 0 saturated carbocycles. The summed E-state index contributed by atoms with van der Waals surface area (Å²) in [6, 6.07) is 9.78. The first kappa shape index (κ1) is 12.5. The molecule has 2 aromatic heterocycles. The number of aromatic nitrogens is 6. The second-order valence-corrected chi connectivity index (χ2v) is 4.38. The van der Waals surface area contributed by atoms with Gasteiger partial charge in [0.2, 0.25) is 0 Å². The molecule has 0 bridgehead atoms. The van der Waals surface area contributed by atoms with Crippen molar-refractivity contribution in [1.29, 1.82) is 0 Å². The number of para-hydroxylation sites is 1. The molecule has 1 aromatic carbocycles. The molecule has 0 radical (unpaired) electrons. The van der Waals surface area contributed by atoms with E-state index in [2.05, 4.69) is 20.4 Å². The van der Waals surface area contributed by atoms with Crippen molar-refractivity contribution in [2.75, 3.05) is 0 Å². The van der Waals surface area contributed by atoms with E-state index in [4.69, 9.17) is 5.11 Å². The maximum atomic E-state index is 9.02. The Bertz CT molecular complexity index is 703. The molecule has 0 saturated heterocycles. The molecule has 3 rings (SSSR count). The number of hydrogen-bond donors (Lipinski definition) is 1. The minimum absolute atomic E-state index is 0.162. The lowest BCUT2D eigenvalue weighted by molar-refractivity contribution is 0.270. The third kappa shape index (κ3) is 2.43. The SMILES string of the molecule is Cc1nc(CO)nn1Cc1cn(-c2ccccc2)nn1. The average molecular weight is 270 g/mol. The zero-order valence-corrected chi connectivity index (χ0v) is 11.0. The highest BCUT2D eigenvalue weighted by Crippen LogP contribution is 2.07. The van der Waals surface area contributed by atoms with E-state index in [-0.39, 0.29) is 6.61 Å². The van der Waals surface area contributed by atoms with Gasteiger partial charge in [-0.25, -0.2) is 14.3 Å². The highest BCUT2D eigenvalue weighted by molar-refractivity contribution is 5.29. The summed E-state index contributed by atoms with van der Waals surface area (Å²) in [5, 5.41) is 21.4. The third-order valence-corrected chi connectivity index (χ3v) is 2.92. The first-order valence-corrected chi connectivity index (χ1v) is 6.24. The van der Waals surface area contributed by atoms with Gasteiger partial charge in [-0.2, -0.15) is 5.10 Å². The lowest BCUT2D eigenvalue weighted by atomic mass is 10.3. The molecule has 0 unspecified atom stereocenters. The normalized spacial score (nSPS) is 10.9. The summed E-state index contributed by atoms with van der Waals surface area (Å²) in [4.78, 5) is 4.14. The Hall–Kier alpha value is -2.54. The second-order valence-electron chi connectivity index (χ2n) is 4.38. The van der Waals surface area contributed by atoms with Crippen molar-refractivity contribution in [2.24, 2.45) is 0 Å². The molecule has 1 N–H and O–H groups in total. The number of aryl methyl sites for hydroxylation is 1. The van der Waals surface area contributed by atoms with Gasteiger partial charge in [0.1, 0.15) is 18.1 Å². The van der Waals surface area contributed by atoms with E-state index in [1.807, 2.05) is 43.5 Å². The second kappa shape index (κ2) is 5.22. The molecule has 7 nitrogen and oxygen atoms in total. The van der Waals surface area contributed by atoms with Gasteiger partial charge in [-0.05, 0) is 19.1 Å². The lowest BCUT2D eigenvalue weighted by Gasteiger charge is -1.99. The molecular formula is C13H14N6O. The van der Waals surface area contributed by atoms with Crippen molar-refractivity contribution in [1.82, 2.24) is 29.8 Å². The highest BCUT2D eigenvalue weighted by Gasteiger charge is 2.08. The number of hydrogen-bond acceptors (Lipinski definition) is 5. The Labute approximate surface area is 115 Å². The van der Waals surface area contributed by atoms with Crippen LogP contribution in [-0.2, 0) is 13.2 Å². The van der Waals surface area contributed by atoms with Gasteiger partial charge in [-0.1, -0.05) is 23.4 Å². The third-order valence-electron chi connectivity index (χ3n) is 2.92. The standard InChI is InChI=1S/C13H14N6O/c1-10-14-13(9-20)16-18(10)7-11-8-19(17-15-11)12-5-3-2-4-6-12/h2-6,8,20H,7,9H2,1H3. The molecular weight excluding hydrogens is 256 g/mol. The van der Waals surface area contributed by atoms with Gasteiger partial charge in [-0.3, -0.25) is 0 Å². The number of aliphatic hydroxyl groups excluding tert-OH is 1. The minimum Gasteiger partial charge on any atom is -0.388 e. The van der Waals surface area contributed by atoms with Crippen LogP contribution in [0, 0.1) is 6.92 Å². The molecule has 0 aliphatic heterocycles. The summed E-state index contributed by atoms with van der Waals surface area (Å²) in [5.41, 5.74) is 1.74. The number of nitrogens with zero attached hydrogens (tertiary/aromatic N) is 6. The molecule has 0 aliphatic carbocycles. The van der Waals surface area contributed by atoms with E-state index in [1.54, 1.807) is 9.36 Å². The number of rotatable bonds is 4. The van der Waals surface area contributed by atoms with Gasteiger partial charge >= 0.3 is 0 Å². The Morgan fingerprint density at radius 1 is 1.20 bits per heavy atom. The molecule has 0 fully saturated rings. The molecule has 0 atom stereocenters. The van der Waals surface area contributed by atoms with Gasteiger partial charge in [0.05, 0.1) is 18.4 Å². The Balaban J connectivity index is 1.82. The van der Waals surface area contributed by atoms with Crippen LogP contribution in [0.25, 0.3) is 5.69 Å². The molecule has 3 aromatic rings. The number of benzene rings is 1. The molecule has 0 aliphatic rings. The lowest BCUT2D eigenvalue weighted by Crippen LogP contribution is -2.04. The molecule has 102 valence electrons. The molecule has 2 heterocycles. The van der Waals surface area contributed by atoms with Crippen LogP contribution in [0.2, 0.25) is 0 Å². The predicted octanol–water partition coefficient (Wildman–Crippen LogP) is 0.708. The summed E-state index contributed by atoms with van der Waals surface area (Å²) in [6.45, 7) is 2.16. The number of aliphatic hydroxyl groups is 1. The summed E-state index contributed by atoms with van der Waals surface area (Å²) < 4.78 is 3.42. The Morgan fingerprint density at radius 2 is 2.00 bits per heavy atom. The van der Waals surface area contributed by atoms with Gasteiger partial charge in [0.25, 0.3) is 0 Å². The van der Waals surface area contributed by atoms with Crippen LogP contribution >= 0.6 is 0 Å². The molecule has 0 spiro atoms. The van der Waals surface area contributed by atoms with Gasteiger partial charge in [0, 0.05) is 0 Å². The van der Waals surface area contributed by atoms with Crippen LogP contribution in [0.5, 0.6) is 0 Å². The fourth-order valence-electron chi connectivity index (χ4n) is 1.93. The molecule has 7 heteroatoms. The molecule has 0 amide bonds. The minimum atomic E-state index is -0.162. The fourth-order valence-corrected chi connectivity index (χ4v) is 1.93. The van der Waals surface area contributed by atoms with E-state index < -0.39 is 0 Å². The first-order chi connectivity index (χ1) is 9.76. The zero-order valence-electron chi connectivity index (χ0n) is 11.0. The Kier molecular flexibility index (Phi) is 3.26. The van der Waals surface area contributed by atoms with Crippen LogP contribution in [0.1, 0.15) is 17.3 Å². The highest BCUT2D eigenvalue weighted by atomic mass is 16.3. The largest absolute Gasteiger partial charge is 0.388 e. The van der Waals surface area contributed by atoms with Crippen LogP contribution in [0.15, 0.2) is 36.5 Å². The van der Waals surface area contributed by atoms with Crippen molar-refractivity contribution < 1.29 is 5.11 Å². The Morgan fingerprint density at radius 3 is 2.70 bits per heavy atom. The summed E-state index contributed by atoms with van der Waals surface area (Å²) in [7, 11) is 0. The monoisotopic (exact) mass is 270 g/mol. The maximum Gasteiger partial charge on any atom is 0.176 e. The smallest absolute Gasteiger partial charge is 0.176 e. The summed E-state index contributed by atoms with van der Waals surface area (Å²) >= 11 is 0. The van der Waals surface area contributed by atoms with E-state index in [0.717, 1.165) is 17.2 Å². The van der Waals surface area contributed by atoms with Crippen molar-refractivity contribution in [3.8, 4) is 5.69 Å². The summed E-state index contributed by atoms with van der Waals surface area (Å²) in [5.74, 6) is 1.15. The van der Waals surface area contributed by atoms with Crippen LogP contribution in [-0.4, -0.2) is 34.9 Å². The van der Waals surface area contributed by atoms with E-state index in [1.165, 1.54) is 0 Å². The summed E-state index contributed by atoms with van der Waals surface area (Å²) in [6.07, 6.45) is 1.86. The van der Waals surface area contributed by atoms with Gasteiger partial charge in [0.15, 0.2) is 5.82 Å². The average Bonchev–Trinajstić information content (AvgIpc) is 3.08. The van der Waals surface area contributed by atoms with E-state index in [0.29, 0.717) is 12.4 Å². The van der Waals surface area contributed by atoms with E-state index >= 15 is 0 Å². The maximum absolute atomic E-state index is 9.02. The van der Waals surface area contributed by atoms with Crippen molar-refractivity contribution in [3.63, 3.8) is 0 Å². The van der Waals surface area contributed by atoms with Crippen molar-refractivity contribution in [3.05, 3.63) is 53.9 Å². The van der Waals surface area contributed by atoms with Crippen LogP contribution in [0.3, 0.4) is 0 Å². The molecule has 20 heavy (non-hydrogen) atoms. The van der Waals surface area contributed by atoms with Gasteiger partial charge < -0.3 is 5.11 Å². The van der Waals surface area contributed by atoms with Gasteiger partial charge in [-0.15, -0.1) is 5.10 Å². The van der Waals surface area contributed by atoms with E-state index in [9.17, 15) is 0 Å². The van der Waals surface area contributed by atoms with Crippen molar-refractivity contribution in [2.45, 2.75) is 20.1 Å². The van der Waals surface area contributed by atoms with Crippen molar-refractivity contribution >= 4 is 0 Å². The van der Waals surface area contributed by atoms with Crippen LogP contribution in [0.4, 0.5) is 0 Å². The topological polar surface area (TPSA) is 81.7 Å².